The molecule has 1 amide bonds. The van der Waals surface area contributed by atoms with Crippen molar-refractivity contribution in [2.75, 3.05) is 25.5 Å². The smallest absolute Gasteiger partial charge is 0.343 e. The number of ether oxygens (including phenoxy) is 1. The number of anilines is 1. The van der Waals surface area contributed by atoms with Crippen LogP contribution >= 0.6 is 11.5 Å². The fourth-order valence-electron chi connectivity index (χ4n) is 2.23. The van der Waals surface area contributed by atoms with Crippen LogP contribution in [0.3, 0.4) is 0 Å². The highest BCUT2D eigenvalue weighted by Crippen LogP contribution is 2.27. The van der Waals surface area contributed by atoms with E-state index in [-0.39, 0.29) is 17.9 Å². The van der Waals surface area contributed by atoms with E-state index in [1.165, 1.54) is 11.5 Å². The van der Waals surface area contributed by atoms with Gasteiger partial charge in [-0.05, 0) is 31.8 Å². The highest BCUT2D eigenvalue weighted by atomic mass is 32.1. The van der Waals surface area contributed by atoms with Gasteiger partial charge in [0.25, 0.3) is 0 Å². The van der Waals surface area contributed by atoms with E-state index in [9.17, 15) is 9.59 Å². The van der Waals surface area contributed by atoms with Crippen LogP contribution < -0.4 is 5.32 Å². The molecule has 0 aromatic carbocycles. The van der Waals surface area contributed by atoms with Crippen molar-refractivity contribution in [3.63, 3.8) is 0 Å². The summed E-state index contributed by atoms with van der Waals surface area (Å²) in [6.07, 6.45) is 1.29. The third kappa shape index (κ3) is 3.09. The first kappa shape index (κ1) is 14.8. The molecule has 20 heavy (non-hydrogen) atoms. The molecule has 6 nitrogen and oxygen atoms in total. The van der Waals surface area contributed by atoms with E-state index in [0.29, 0.717) is 30.8 Å². The molecular formula is C13H19N3O3S. The van der Waals surface area contributed by atoms with Crippen LogP contribution in [0.1, 0.15) is 35.8 Å². The first-order valence-corrected chi connectivity index (χ1v) is 7.44. The van der Waals surface area contributed by atoms with E-state index in [1.54, 1.807) is 25.8 Å². The second-order valence-corrected chi connectivity index (χ2v) is 5.62. The van der Waals surface area contributed by atoms with Crippen molar-refractivity contribution in [2.45, 2.75) is 32.7 Å². The van der Waals surface area contributed by atoms with Gasteiger partial charge in [-0.25, -0.2) is 4.79 Å². The van der Waals surface area contributed by atoms with Gasteiger partial charge in [0, 0.05) is 26.1 Å². The molecule has 2 rings (SSSR count). The largest absolute Gasteiger partial charge is 0.462 e. The zero-order valence-electron chi connectivity index (χ0n) is 11.9. The van der Waals surface area contributed by atoms with Gasteiger partial charge in [0.1, 0.15) is 10.6 Å². The van der Waals surface area contributed by atoms with Crippen LogP contribution in [0.25, 0.3) is 0 Å². The molecule has 1 saturated heterocycles. The van der Waals surface area contributed by atoms with Crippen molar-refractivity contribution in [3.05, 3.63) is 11.3 Å². The molecule has 1 aliphatic rings. The van der Waals surface area contributed by atoms with Crippen LogP contribution in [0, 0.1) is 6.92 Å². The first-order chi connectivity index (χ1) is 9.52. The number of aryl methyl sites for hydroxylation is 1. The zero-order chi connectivity index (χ0) is 14.7. The summed E-state index contributed by atoms with van der Waals surface area (Å²) in [5.74, 6) is -0.185. The van der Waals surface area contributed by atoms with Gasteiger partial charge in [0.15, 0.2) is 0 Å². The standard InChI is InChI=1S/C13H19N3O3S/c1-4-19-13(18)11-8(2)15-20-12(11)14-9-5-6-10(17)16(3)7-9/h9,14H,4-7H2,1-3H3. The summed E-state index contributed by atoms with van der Waals surface area (Å²) in [5, 5.41) is 4.05. The minimum Gasteiger partial charge on any atom is -0.462 e. The first-order valence-electron chi connectivity index (χ1n) is 6.66. The Morgan fingerprint density at radius 3 is 3.00 bits per heavy atom. The van der Waals surface area contributed by atoms with E-state index in [2.05, 4.69) is 9.69 Å². The monoisotopic (exact) mass is 297 g/mol. The third-order valence-electron chi connectivity index (χ3n) is 3.30. The normalized spacial score (nSPS) is 19.1. The molecule has 1 aromatic rings. The Labute approximate surface area is 122 Å². The Kier molecular flexibility index (Phi) is 4.59. The molecular weight excluding hydrogens is 278 g/mol. The average molecular weight is 297 g/mol. The Morgan fingerprint density at radius 1 is 1.60 bits per heavy atom. The number of nitrogens with zero attached hydrogens (tertiary/aromatic N) is 2. The Hall–Kier alpha value is -1.63. The number of piperidine rings is 1. The topological polar surface area (TPSA) is 71.5 Å². The molecule has 1 aliphatic heterocycles. The summed E-state index contributed by atoms with van der Waals surface area (Å²) < 4.78 is 9.28. The summed E-state index contributed by atoms with van der Waals surface area (Å²) in [5.41, 5.74) is 1.19. The maximum Gasteiger partial charge on any atom is 0.343 e. The van der Waals surface area contributed by atoms with E-state index >= 15 is 0 Å². The number of carbonyl (C=O) groups excluding carboxylic acids is 2. The number of rotatable bonds is 4. The Bertz CT molecular complexity index is 515. The molecule has 7 heteroatoms. The van der Waals surface area contributed by atoms with Gasteiger partial charge in [-0.1, -0.05) is 0 Å². The summed E-state index contributed by atoms with van der Waals surface area (Å²) in [7, 11) is 1.79. The molecule has 1 fully saturated rings. The minimum atomic E-state index is -0.346. The molecule has 0 bridgehead atoms. The maximum absolute atomic E-state index is 11.9. The molecule has 1 atom stereocenters. The molecule has 1 N–H and O–H groups in total. The number of hydrogen-bond acceptors (Lipinski definition) is 6. The lowest BCUT2D eigenvalue weighted by Gasteiger charge is -2.30. The number of amides is 1. The number of nitrogens with one attached hydrogen (secondary N) is 1. The van der Waals surface area contributed by atoms with E-state index < -0.39 is 0 Å². The van der Waals surface area contributed by atoms with Crippen LogP contribution in [-0.2, 0) is 9.53 Å². The lowest BCUT2D eigenvalue weighted by Crippen LogP contribution is -2.43. The highest BCUT2D eigenvalue weighted by molar-refractivity contribution is 7.10. The Morgan fingerprint density at radius 2 is 2.35 bits per heavy atom. The number of likely N-dealkylation sites (tertiary alicyclic amines) is 1. The second-order valence-electron chi connectivity index (χ2n) is 4.85. The number of likely N-dealkylation sites (N-methyl/N-ethyl adjacent to an activating group) is 1. The number of aromatic nitrogens is 1. The van der Waals surface area contributed by atoms with Crippen LogP contribution in [0.15, 0.2) is 0 Å². The fourth-order valence-corrected chi connectivity index (χ4v) is 3.09. The van der Waals surface area contributed by atoms with Gasteiger partial charge in [-0.2, -0.15) is 4.37 Å². The van der Waals surface area contributed by atoms with Crippen LogP contribution in [0.4, 0.5) is 5.00 Å². The predicted octanol–water partition coefficient (Wildman–Crippen LogP) is 1.66. The lowest BCUT2D eigenvalue weighted by molar-refractivity contribution is -0.132. The van der Waals surface area contributed by atoms with Crippen molar-refractivity contribution in [2.24, 2.45) is 0 Å². The zero-order valence-corrected chi connectivity index (χ0v) is 12.7. The average Bonchev–Trinajstić information content (AvgIpc) is 2.75. The highest BCUT2D eigenvalue weighted by Gasteiger charge is 2.26. The van der Waals surface area contributed by atoms with Crippen molar-refractivity contribution in [1.29, 1.82) is 0 Å². The van der Waals surface area contributed by atoms with Crippen molar-refractivity contribution in [3.8, 4) is 0 Å². The number of carbonyl (C=O) groups is 2. The summed E-state index contributed by atoms with van der Waals surface area (Å²) >= 11 is 1.26. The minimum absolute atomic E-state index is 0.144. The van der Waals surface area contributed by atoms with Crippen LogP contribution in [0.5, 0.6) is 0 Å². The van der Waals surface area contributed by atoms with Crippen molar-refractivity contribution < 1.29 is 14.3 Å². The van der Waals surface area contributed by atoms with Gasteiger partial charge < -0.3 is 15.0 Å². The van der Waals surface area contributed by atoms with Crippen molar-refractivity contribution >= 4 is 28.4 Å². The van der Waals surface area contributed by atoms with Gasteiger partial charge in [0.05, 0.1) is 12.3 Å². The summed E-state index contributed by atoms with van der Waals surface area (Å²) in [6, 6.07) is 0.144. The summed E-state index contributed by atoms with van der Waals surface area (Å²) in [4.78, 5) is 25.1. The van der Waals surface area contributed by atoms with E-state index in [0.717, 1.165) is 11.4 Å². The molecule has 0 aliphatic carbocycles. The molecule has 1 aromatic heterocycles. The number of esters is 1. The molecule has 0 radical (unpaired) electrons. The second kappa shape index (κ2) is 6.21. The Balaban J connectivity index is 2.10. The van der Waals surface area contributed by atoms with Gasteiger partial charge >= 0.3 is 5.97 Å². The van der Waals surface area contributed by atoms with Gasteiger partial charge in [-0.3, -0.25) is 4.79 Å². The fraction of sp³-hybridized carbons (Fsp3) is 0.615. The van der Waals surface area contributed by atoms with Crippen LogP contribution in [0.2, 0.25) is 0 Å². The van der Waals surface area contributed by atoms with Crippen molar-refractivity contribution in [1.82, 2.24) is 9.27 Å². The molecule has 2 heterocycles. The molecule has 0 saturated carbocycles. The SMILES string of the molecule is CCOC(=O)c1c(C)nsc1NC1CCC(=O)N(C)C1. The van der Waals surface area contributed by atoms with Gasteiger partial charge in [-0.15, -0.1) is 0 Å². The quantitative estimate of drug-likeness (QED) is 0.856. The molecule has 110 valence electrons. The summed E-state index contributed by atoms with van der Waals surface area (Å²) in [6.45, 7) is 4.55. The lowest BCUT2D eigenvalue weighted by atomic mass is 10.1. The van der Waals surface area contributed by atoms with Gasteiger partial charge in [0.2, 0.25) is 5.91 Å². The molecule has 1 unspecified atom stereocenters. The van der Waals surface area contributed by atoms with E-state index in [4.69, 9.17) is 4.74 Å². The molecule has 0 spiro atoms. The van der Waals surface area contributed by atoms with E-state index in [1.807, 2.05) is 0 Å². The third-order valence-corrected chi connectivity index (χ3v) is 4.17. The number of hydrogen-bond donors (Lipinski definition) is 1. The predicted molar refractivity (Wildman–Crippen MR) is 77.1 cm³/mol. The van der Waals surface area contributed by atoms with Crippen LogP contribution in [-0.4, -0.2) is 47.4 Å². The maximum atomic E-state index is 11.9.